The number of hydrogen-bond acceptors (Lipinski definition) is 3. The van der Waals surface area contributed by atoms with Crippen molar-refractivity contribution in [2.24, 2.45) is 12.9 Å². The zero-order chi connectivity index (χ0) is 7.72. The number of nitrogens with two attached hydrogens (primary N) is 1. The van der Waals surface area contributed by atoms with Gasteiger partial charge in [-0.2, -0.15) is 5.90 Å². The average molecular weight is 139 g/mol. The maximum absolute atomic E-state index is 10.7. The molecule has 0 aliphatic carbocycles. The van der Waals surface area contributed by atoms with E-state index < -0.39 is 5.56 Å². The van der Waals surface area contributed by atoms with Crippen LogP contribution in [0.1, 0.15) is 0 Å². The largest absolute Gasteiger partial charge is 0.392 e. The van der Waals surface area contributed by atoms with Crippen LogP contribution >= 0.6 is 0 Å². The van der Waals surface area contributed by atoms with Crippen LogP contribution in [0.5, 0.6) is 5.88 Å². The van der Waals surface area contributed by atoms with Gasteiger partial charge in [0.25, 0.3) is 5.56 Å². The summed E-state index contributed by atoms with van der Waals surface area (Å²) in [6, 6.07) is 0. The lowest BCUT2D eigenvalue weighted by Crippen LogP contribution is -2.24. The second-order valence-corrected chi connectivity index (χ2v) is 1.84. The van der Waals surface area contributed by atoms with Crippen LogP contribution in [-0.4, -0.2) is 17.6 Å². The predicted molar refractivity (Wildman–Crippen MR) is 36.2 cm³/mol. The molecule has 5 nitrogen and oxygen atoms in total. The van der Waals surface area contributed by atoms with Crippen molar-refractivity contribution < 1.29 is 4.84 Å². The predicted octanol–water partition coefficient (Wildman–Crippen LogP) is -2.24. The van der Waals surface area contributed by atoms with Crippen molar-refractivity contribution in [2.75, 3.05) is 0 Å². The Morgan fingerprint density at radius 2 is 2.40 bits per heavy atom. The van der Waals surface area contributed by atoms with Gasteiger partial charge in [-0.1, -0.05) is 0 Å². The van der Waals surface area contributed by atoms with E-state index in [-0.39, 0.29) is 11.3 Å². The van der Waals surface area contributed by atoms with Gasteiger partial charge in [0.2, 0.25) is 5.88 Å². The fraction of sp³-hybridized carbons (Fsp3) is 0.250. The number of nitrogens with zero attached hydrogens (tertiary/aromatic N) is 1. The zero-order valence-electron chi connectivity index (χ0n) is 5.42. The van der Waals surface area contributed by atoms with Gasteiger partial charge >= 0.3 is 0 Å². The molecular formula is C4H6BN3O2. The first-order valence-corrected chi connectivity index (χ1v) is 2.58. The standard InChI is InChI=1S/C4H6BN3O2/c1-8-4(10-6)2(5)3(9)7-8/h6H2,1H3,(H,7,9). The first kappa shape index (κ1) is 6.95. The van der Waals surface area contributed by atoms with Crippen LogP contribution in [0.4, 0.5) is 0 Å². The van der Waals surface area contributed by atoms with Crippen LogP contribution in [-0.2, 0) is 7.05 Å². The highest BCUT2D eigenvalue weighted by molar-refractivity contribution is 6.33. The quantitative estimate of drug-likeness (QED) is 0.341. The molecule has 0 unspecified atom stereocenters. The van der Waals surface area contributed by atoms with E-state index in [1.807, 2.05) is 0 Å². The maximum atomic E-state index is 10.7. The molecule has 1 aromatic heterocycles. The molecule has 0 aliphatic heterocycles. The SMILES string of the molecule is [B]c1c(ON)n(C)[nH]c1=O. The molecule has 6 heteroatoms. The van der Waals surface area contributed by atoms with E-state index in [1.165, 1.54) is 4.68 Å². The normalized spacial score (nSPS) is 9.80. The van der Waals surface area contributed by atoms with Gasteiger partial charge in [-0.3, -0.25) is 14.6 Å². The molecule has 0 spiro atoms. The van der Waals surface area contributed by atoms with E-state index in [2.05, 4.69) is 9.94 Å². The summed E-state index contributed by atoms with van der Waals surface area (Å²) in [5, 5.41) is 2.36. The molecule has 0 bridgehead atoms. The molecule has 52 valence electrons. The van der Waals surface area contributed by atoms with Crippen LogP contribution in [0.15, 0.2) is 4.79 Å². The van der Waals surface area contributed by atoms with E-state index in [0.29, 0.717) is 0 Å². The van der Waals surface area contributed by atoms with Crippen LogP contribution in [0.25, 0.3) is 0 Å². The lowest BCUT2D eigenvalue weighted by Gasteiger charge is -1.98. The summed E-state index contributed by atoms with van der Waals surface area (Å²) in [5.41, 5.74) is -0.409. The van der Waals surface area contributed by atoms with Gasteiger partial charge in [0.1, 0.15) is 7.85 Å². The molecular weight excluding hydrogens is 133 g/mol. The number of aromatic nitrogens is 2. The van der Waals surface area contributed by atoms with E-state index in [1.54, 1.807) is 7.05 Å². The fourth-order valence-corrected chi connectivity index (χ4v) is 0.684. The average Bonchev–Trinajstić information content (AvgIpc) is 2.09. The molecule has 0 fully saturated rings. The second-order valence-electron chi connectivity index (χ2n) is 1.84. The van der Waals surface area contributed by atoms with Gasteiger partial charge in [-0.05, 0) is 0 Å². The summed E-state index contributed by atoms with van der Waals surface area (Å²) in [4.78, 5) is 15.0. The summed E-state index contributed by atoms with van der Waals surface area (Å²) in [7, 11) is 6.81. The van der Waals surface area contributed by atoms with E-state index in [4.69, 9.17) is 13.7 Å². The van der Waals surface area contributed by atoms with Crippen molar-refractivity contribution >= 4 is 13.3 Å². The van der Waals surface area contributed by atoms with Gasteiger partial charge in [0.15, 0.2) is 0 Å². The molecule has 0 saturated carbocycles. The monoisotopic (exact) mass is 139 g/mol. The molecule has 0 amide bonds. The minimum atomic E-state index is -0.400. The first-order valence-electron chi connectivity index (χ1n) is 2.58. The Kier molecular flexibility index (Phi) is 1.54. The third-order valence-corrected chi connectivity index (χ3v) is 1.16. The number of rotatable bonds is 1. The van der Waals surface area contributed by atoms with Gasteiger partial charge in [-0.25, -0.2) is 0 Å². The van der Waals surface area contributed by atoms with E-state index in [9.17, 15) is 4.79 Å². The van der Waals surface area contributed by atoms with Crippen LogP contribution < -0.4 is 21.8 Å². The molecule has 0 aromatic carbocycles. The Morgan fingerprint density at radius 1 is 1.80 bits per heavy atom. The molecule has 2 radical (unpaired) electrons. The number of H-pyrrole nitrogens is 1. The third kappa shape index (κ3) is 0.821. The lowest BCUT2D eigenvalue weighted by molar-refractivity contribution is 0.306. The molecule has 0 aliphatic rings. The molecule has 0 atom stereocenters. The van der Waals surface area contributed by atoms with Crippen LogP contribution in [0, 0.1) is 0 Å². The molecule has 1 rings (SSSR count). The maximum Gasteiger partial charge on any atom is 0.260 e. The summed E-state index contributed by atoms with van der Waals surface area (Å²) >= 11 is 0. The Balaban J connectivity index is 3.34. The van der Waals surface area contributed by atoms with Gasteiger partial charge in [-0.15, -0.1) is 0 Å². The number of hydrogen-bond donors (Lipinski definition) is 2. The minimum Gasteiger partial charge on any atom is -0.392 e. The van der Waals surface area contributed by atoms with Gasteiger partial charge in [0, 0.05) is 12.5 Å². The Bertz CT molecular complexity index is 289. The number of aromatic amines is 1. The van der Waals surface area contributed by atoms with Crippen LogP contribution in [0.3, 0.4) is 0 Å². The zero-order valence-corrected chi connectivity index (χ0v) is 5.42. The molecule has 1 heterocycles. The first-order chi connectivity index (χ1) is 4.66. The summed E-state index contributed by atoms with van der Waals surface area (Å²) < 4.78 is 1.30. The Hall–Kier alpha value is -1.17. The molecule has 10 heavy (non-hydrogen) atoms. The van der Waals surface area contributed by atoms with Crippen LogP contribution in [0.2, 0.25) is 0 Å². The Morgan fingerprint density at radius 3 is 2.60 bits per heavy atom. The topological polar surface area (TPSA) is 73.0 Å². The van der Waals surface area contributed by atoms with Crippen molar-refractivity contribution in [3.8, 4) is 5.88 Å². The highest BCUT2D eigenvalue weighted by atomic mass is 16.6. The van der Waals surface area contributed by atoms with Gasteiger partial charge < -0.3 is 4.84 Å². The van der Waals surface area contributed by atoms with Crippen molar-refractivity contribution in [1.29, 1.82) is 0 Å². The summed E-state index contributed by atoms with van der Waals surface area (Å²) in [6.45, 7) is 0. The van der Waals surface area contributed by atoms with Crippen molar-refractivity contribution in [2.45, 2.75) is 0 Å². The van der Waals surface area contributed by atoms with Gasteiger partial charge in [0.05, 0.1) is 0 Å². The van der Waals surface area contributed by atoms with Crippen molar-refractivity contribution in [1.82, 2.24) is 9.78 Å². The van der Waals surface area contributed by atoms with E-state index >= 15 is 0 Å². The third-order valence-electron chi connectivity index (χ3n) is 1.16. The summed E-state index contributed by atoms with van der Waals surface area (Å²) in [6.07, 6.45) is 0. The highest BCUT2D eigenvalue weighted by Gasteiger charge is 2.06. The van der Waals surface area contributed by atoms with E-state index in [0.717, 1.165) is 0 Å². The highest BCUT2D eigenvalue weighted by Crippen LogP contribution is 1.94. The molecule has 0 saturated heterocycles. The summed E-state index contributed by atoms with van der Waals surface area (Å²) in [5.74, 6) is 4.95. The lowest BCUT2D eigenvalue weighted by atomic mass is 10.0. The minimum absolute atomic E-state index is 0.00926. The smallest absolute Gasteiger partial charge is 0.260 e. The van der Waals surface area contributed by atoms with Crippen molar-refractivity contribution in [3.05, 3.63) is 10.4 Å². The second kappa shape index (κ2) is 2.22. The Labute approximate surface area is 58.1 Å². The molecule has 1 aromatic rings. The number of nitrogens with one attached hydrogen (secondary N) is 1. The van der Waals surface area contributed by atoms with Crippen molar-refractivity contribution in [3.63, 3.8) is 0 Å². The molecule has 3 N–H and O–H groups in total. The fourth-order valence-electron chi connectivity index (χ4n) is 0.684. The number of aryl methyl sites for hydroxylation is 1.